The molecule has 0 radical (unpaired) electrons. The summed E-state index contributed by atoms with van der Waals surface area (Å²) in [7, 11) is 1.49. The van der Waals surface area contributed by atoms with Crippen LogP contribution in [0.15, 0.2) is 18.2 Å². The maximum absolute atomic E-state index is 11.8. The minimum Gasteiger partial charge on any atom is -0.495 e. The van der Waals surface area contributed by atoms with E-state index in [0.29, 0.717) is 28.6 Å². The second-order valence-electron chi connectivity index (χ2n) is 4.12. The van der Waals surface area contributed by atoms with E-state index in [1.165, 1.54) is 24.9 Å². The van der Waals surface area contributed by atoms with Gasteiger partial charge in [-0.05, 0) is 36.6 Å². The van der Waals surface area contributed by atoms with Gasteiger partial charge >= 0.3 is 12.0 Å². The van der Waals surface area contributed by atoms with E-state index in [4.69, 9.17) is 21.4 Å². The van der Waals surface area contributed by atoms with E-state index in [2.05, 4.69) is 10.6 Å². The summed E-state index contributed by atoms with van der Waals surface area (Å²) < 4.78 is 5.00. The van der Waals surface area contributed by atoms with Gasteiger partial charge < -0.3 is 20.5 Å². The molecule has 2 amide bonds. The van der Waals surface area contributed by atoms with E-state index in [-0.39, 0.29) is 0 Å². The van der Waals surface area contributed by atoms with Gasteiger partial charge in [0.25, 0.3) is 0 Å². The number of hydrogen-bond donors (Lipinski definition) is 3. The molecule has 0 bridgehead atoms. The molecule has 0 saturated heterocycles. The average Bonchev–Trinajstić information content (AvgIpc) is 2.43. The molecule has 3 N–H and O–H groups in total. The minimum atomic E-state index is -1.06. The lowest BCUT2D eigenvalue weighted by Crippen LogP contribution is -2.43. The van der Waals surface area contributed by atoms with E-state index in [1.807, 2.05) is 6.26 Å². The second kappa shape index (κ2) is 8.63. The Balaban J connectivity index is 2.63. The molecule has 0 saturated carbocycles. The predicted molar refractivity (Wildman–Crippen MR) is 84.6 cm³/mol. The molecule has 0 heterocycles. The summed E-state index contributed by atoms with van der Waals surface area (Å²) in [6, 6.07) is 3.23. The first kappa shape index (κ1) is 17.5. The SMILES string of the molecule is COc1ccc(NC(=O)N[C@H](CCSC)C(=O)O)cc1Cl. The van der Waals surface area contributed by atoms with Gasteiger partial charge in [0.2, 0.25) is 0 Å². The average molecular weight is 333 g/mol. The molecule has 0 unspecified atom stereocenters. The minimum absolute atomic E-state index is 0.354. The Hall–Kier alpha value is -1.60. The highest BCUT2D eigenvalue weighted by atomic mass is 35.5. The van der Waals surface area contributed by atoms with E-state index in [9.17, 15) is 9.59 Å². The van der Waals surface area contributed by atoms with Gasteiger partial charge in [0.1, 0.15) is 11.8 Å². The van der Waals surface area contributed by atoms with Crippen LogP contribution in [0.5, 0.6) is 5.75 Å². The zero-order valence-electron chi connectivity index (χ0n) is 11.7. The largest absolute Gasteiger partial charge is 0.495 e. The predicted octanol–water partition coefficient (Wildman–Crippen LogP) is 2.68. The molecule has 116 valence electrons. The van der Waals surface area contributed by atoms with Gasteiger partial charge in [-0.2, -0.15) is 11.8 Å². The molecule has 1 rings (SSSR count). The number of rotatable bonds is 7. The molecule has 0 aromatic heterocycles. The van der Waals surface area contributed by atoms with Gasteiger partial charge in [0.15, 0.2) is 0 Å². The van der Waals surface area contributed by atoms with Crippen LogP contribution in [0.4, 0.5) is 10.5 Å². The van der Waals surface area contributed by atoms with Crippen molar-refractivity contribution in [3.8, 4) is 5.75 Å². The fourth-order valence-electron chi connectivity index (χ4n) is 1.56. The Morgan fingerprint density at radius 1 is 1.48 bits per heavy atom. The van der Waals surface area contributed by atoms with Crippen LogP contribution in [0.25, 0.3) is 0 Å². The number of benzene rings is 1. The summed E-state index contributed by atoms with van der Waals surface area (Å²) in [5.74, 6) is 0.0731. The van der Waals surface area contributed by atoms with E-state index >= 15 is 0 Å². The van der Waals surface area contributed by atoms with Crippen molar-refractivity contribution >= 4 is 41.1 Å². The summed E-state index contributed by atoms with van der Waals surface area (Å²) in [6.45, 7) is 0. The van der Waals surface area contributed by atoms with Crippen molar-refractivity contribution in [3.63, 3.8) is 0 Å². The standard InChI is InChI=1S/C13H17ClN2O4S/c1-20-11-4-3-8(7-9(11)14)15-13(19)16-10(12(17)18)5-6-21-2/h3-4,7,10H,5-6H2,1-2H3,(H,17,18)(H2,15,16,19)/t10-/m1/s1. The second-order valence-corrected chi connectivity index (χ2v) is 5.51. The number of anilines is 1. The highest BCUT2D eigenvalue weighted by molar-refractivity contribution is 7.98. The summed E-state index contributed by atoms with van der Waals surface area (Å²) in [5, 5.41) is 14.3. The number of aliphatic carboxylic acids is 1. The van der Waals surface area contributed by atoms with Gasteiger partial charge in [0.05, 0.1) is 12.1 Å². The van der Waals surface area contributed by atoms with Crippen LogP contribution in [0.1, 0.15) is 6.42 Å². The lowest BCUT2D eigenvalue weighted by Gasteiger charge is -2.15. The number of carbonyl (C=O) groups is 2. The topological polar surface area (TPSA) is 87.7 Å². The number of carbonyl (C=O) groups excluding carboxylic acids is 1. The first-order valence-electron chi connectivity index (χ1n) is 6.10. The molecular formula is C13H17ClN2O4S. The molecule has 1 aromatic rings. The molecule has 1 aromatic carbocycles. The molecule has 21 heavy (non-hydrogen) atoms. The number of nitrogens with one attached hydrogen (secondary N) is 2. The Kier molecular flexibility index (Phi) is 7.18. The quantitative estimate of drug-likeness (QED) is 0.714. The lowest BCUT2D eigenvalue weighted by atomic mass is 10.2. The van der Waals surface area contributed by atoms with Crippen molar-refractivity contribution in [1.82, 2.24) is 5.32 Å². The highest BCUT2D eigenvalue weighted by Gasteiger charge is 2.19. The third-order valence-corrected chi connectivity index (χ3v) is 3.56. The third-order valence-electron chi connectivity index (χ3n) is 2.62. The fraction of sp³-hybridized carbons (Fsp3) is 0.385. The molecule has 8 heteroatoms. The number of amides is 2. The van der Waals surface area contributed by atoms with Crippen LogP contribution in [-0.4, -0.2) is 42.3 Å². The van der Waals surface area contributed by atoms with Crippen molar-refractivity contribution in [1.29, 1.82) is 0 Å². The Labute approximate surface area is 132 Å². The number of hydrogen-bond acceptors (Lipinski definition) is 4. The highest BCUT2D eigenvalue weighted by Crippen LogP contribution is 2.27. The van der Waals surface area contributed by atoms with E-state index in [1.54, 1.807) is 12.1 Å². The molecule has 1 atom stereocenters. The van der Waals surface area contributed by atoms with Gasteiger partial charge in [0, 0.05) is 5.69 Å². The van der Waals surface area contributed by atoms with Crippen molar-refractivity contribution in [2.45, 2.75) is 12.5 Å². The van der Waals surface area contributed by atoms with Crippen LogP contribution in [0, 0.1) is 0 Å². The van der Waals surface area contributed by atoms with Crippen LogP contribution in [0.3, 0.4) is 0 Å². The molecule has 0 fully saturated rings. The summed E-state index contributed by atoms with van der Waals surface area (Å²) in [6.07, 6.45) is 2.23. The summed E-state index contributed by atoms with van der Waals surface area (Å²) in [5.41, 5.74) is 0.451. The van der Waals surface area contributed by atoms with Crippen LogP contribution >= 0.6 is 23.4 Å². The van der Waals surface area contributed by atoms with Crippen LogP contribution < -0.4 is 15.4 Å². The first-order valence-corrected chi connectivity index (χ1v) is 7.88. The smallest absolute Gasteiger partial charge is 0.326 e. The van der Waals surface area contributed by atoms with Crippen molar-refractivity contribution in [3.05, 3.63) is 23.2 Å². The van der Waals surface area contributed by atoms with Gasteiger partial charge in [-0.25, -0.2) is 9.59 Å². The van der Waals surface area contributed by atoms with Crippen molar-refractivity contribution < 1.29 is 19.4 Å². The lowest BCUT2D eigenvalue weighted by molar-refractivity contribution is -0.139. The fourth-order valence-corrected chi connectivity index (χ4v) is 2.29. The van der Waals surface area contributed by atoms with Crippen LogP contribution in [0.2, 0.25) is 5.02 Å². The number of methoxy groups -OCH3 is 1. The Morgan fingerprint density at radius 2 is 2.19 bits per heavy atom. The number of carboxylic acid groups (broad SMARTS) is 1. The van der Waals surface area contributed by atoms with Gasteiger partial charge in [-0.15, -0.1) is 0 Å². The van der Waals surface area contributed by atoms with E-state index < -0.39 is 18.0 Å². The Morgan fingerprint density at radius 3 is 2.71 bits per heavy atom. The number of carboxylic acids is 1. The molecule has 6 nitrogen and oxygen atoms in total. The molecule has 0 aliphatic heterocycles. The normalized spacial score (nSPS) is 11.6. The molecule has 0 aliphatic carbocycles. The molecular weight excluding hydrogens is 316 g/mol. The van der Waals surface area contributed by atoms with Crippen molar-refractivity contribution in [2.24, 2.45) is 0 Å². The van der Waals surface area contributed by atoms with Gasteiger partial charge in [-0.1, -0.05) is 11.6 Å². The maximum atomic E-state index is 11.8. The summed E-state index contributed by atoms with van der Waals surface area (Å²) in [4.78, 5) is 22.8. The van der Waals surface area contributed by atoms with E-state index in [0.717, 1.165) is 0 Å². The zero-order chi connectivity index (χ0) is 15.8. The number of ether oxygens (including phenoxy) is 1. The number of thioether (sulfide) groups is 1. The van der Waals surface area contributed by atoms with Gasteiger partial charge in [-0.3, -0.25) is 0 Å². The zero-order valence-corrected chi connectivity index (χ0v) is 13.3. The monoisotopic (exact) mass is 332 g/mol. The summed E-state index contributed by atoms with van der Waals surface area (Å²) >= 11 is 7.46. The molecule has 0 aliphatic rings. The Bertz CT molecular complexity index is 513. The first-order chi connectivity index (χ1) is 9.97. The van der Waals surface area contributed by atoms with Crippen LogP contribution in [-0.2, 0) is 4.79 Å². The number of urea groups is 1. The maximum Gasteiger partial charge on any atom is 0.326 e. The molecule has 0 spiro atoms. The number of halogens is 1. The third kappa shape index (κ3) is 5.73. The van der Waals surface area contributed by atoms with Crippen molar-refractivity contribution in [2.75, 3.05) is 24.4 Å².